The Balaban J connectivity index is 3.99. The predicted molar refractivity (Wildman–Crippen MR) is 43.1 cm³/mol. The number of hydrogen-bond donors (Lipinski definition) is 1. The first-order chi connectivity index (χ1) is 5.07. The SMILES string of the molecule is C=CCC(NC(C)=O)C(C)=O. The number of rotatable bonds is 4. The van der Waals surface area contributed by atoms with Crippen LogP contribution >= 0.6 is 0 Å². The number of Topliss-reactive ketones (excluding diaryl/α,β-unsaturated/α-hetero) is 1. The maximum Gasteiger partial charge on any atom is 0.217 e. The molecule has 0 radical (unpaired) electrons. The molecular weight excluding hydrogens is 142 g/mol. The maximum absolute atomic E-state index is 10.8. The average molecular weight is 155 g/mol. The second-order valence-corrected chi connectivity index (χ2v) is 2.39. The molecule has 0 rings (SSSR count). The van der Waals surface area contributed by atoms with Gasteiger partial charge in [-0.3, -0.25) is 9.59 Å². The molecular formula is C8H13NO2. The highest BCUT2D eigenvalue weighted by atomic mass is 16.2. The van der Waals surface area contributed by atoms with Crippen molar-refractivity contribution in [3.05, 3.63) is 12.7 Å². The molecule has 11 heavy (non-hydrogen) atoms. The molecule has 1 amide bonds. The first-order valence-electron chi connectivity index (χ1n) is 3.46. The number of ketones is 1. The van der Waals surface area contributed by atoms with Gasteiger partial charge in [-0.15, -0.1) is 6.58 Å². The van der Waals surface area contributed by atoms with Gasteiger partial charge < -0.3 is 5.32 Å². The Bertz CT molecular complexity index is 175. The lowest BCUT2D eigenvalue weighted by molar-refractivity contribution is -0.125. The van der Waals surface area contributed by atoms with Gasteiger partial charge in [0.1, 0.15) is 0 Å². The van der Waals surface area contributed by atoms with Crippen LogP contribution in [0.2, 0.25) is 0 Å². The first kappa shape index (κ1) is 9.88. The third kappa shape index (κ3) is 4.31. The van der Waals surface area contributed by atoms with E-state index in [-0.39, 0.29) is 11.7 Å². The molecule has 1 atom stereocenters. The summed E-state index contributed by atoms with van der Waals surface area (Å²) >= 11 is 0. The van der Waals surface area contributed by atoms with Crippen LogP contribution in [0.15, 0.2) is 12.7 Å². The third-order valence-corrected chi connectivity index (χ3v) is 1.27. The van der Waals surface area contributed by atoms with Crippen molar-refractivity contribution < 1.29 is 9.59 Å². The summed E-state index contributed by atoms with van der Waals surface area (Å²) in [5.74, 6) is -0.229. The molecule has 3 nitrogen and oxygen atoms in total. The molecule has 0 spiro atoms. The van der Waals surface area contributed by atoms with E-state index < -0.39 is 6.04 Å². The Labute approximate surface area is 66.5 Å². The second kappa shape index (κ2) is 4.66. The monoisotopic (exact) mass is 155 g/mol. The standard InChI is InChI=1S/C8H13NO2/c1-4-5-8(6(2)10)9-7(3)11/h4,8H,1,5H2,2-3H3,(H,9,11). The van der Waals surface area contributed by atoms with Gasteiger partial charge in [-0.25, -0.2) is 0 Å². The molecule has 1 N–H and O–H groups in total. The molecule has 0 aliphatic rings. The van der Waals surface area contributed by atoms with Crippen molar-refractivity contribution in [2.45, 2.75) is 26.3 Å². The molecule has 0 fully saturated rings. The number of nitrogens with one attached hydrogen (secondary N) is 1. The van der Waals surface area contributed by atoms with Crippen LogP contribution in [0.5, 0.6) is 0 Å². The van der Waals surface area contributed by atoms with Gasteiger partial charge in [0, 0.05) is 6.92 Å². The summed E-state index contributed by atoms with van der Waals surface area (Å²) in [5, 5.41) is 2.52. The minimum Gasteiger partial charge on any atom is -0.346 e. The topological polar surface area (TPSA) is 46.2 Å². The van der Waals surface area contributed by atoms with Crippen LogP contribution in [0.1, 0.15) is 20.3 Å². The van der Waals surface area contributed by atoms with Crippen molar-refractivity contribution in [2.24, 2.45) is 0 Å². The van der Waals surface area contributed by atoms with E-state index in [1.807, 2.05) is 0 Å². The van der Waals surface area contributed by atoms with E-state index in [4.69, 9.17) is 0 Å². The van der Waals surface area contributed by atoms with E-state index in [2.05, 4.69) is 11.9 Å². The summed E-state index contributed by atoms with van der Waals surface area (Å²) in [4.78, 5) is 21.3. The van der Waals surface area contributed by atoms with E-state index in [1.165, 1.54) is 13.8 Å². The number of carbonyl (C=O) groups excluding carboxylic acids is 2. The highest BCUT2D eigenvalue weighted by Crippen LogP contribution is 1.93. The van der Waals surface area contributed by atoms with Gasteiger partial charge in [0.05, 0.1) is 6.04 Å². The molecule has 0 aliphatic heterocycles. The molecule has 0 heterocycles. The molecule has 0 aliphatic carbocycles. The van der Waals surface area contributed by atoms with E-state index in [1.54, 1.807) is 6.08 Å². The predicted octanol–water partition coefficient (Wildman–Crippen LogP) is 0.656. The molecule has 0 aromatic heterocycles. The van der Waals surface area contributed by atoms with Crippen molar-refractivity contribution in [2.75, 3.05) is 0 Å². The molecule has 62 valence electrons. The zero-order valence-corrected chi connectivity index (χ0v) is 6.89. The molecule has 0 bridgehead atoms. The van der Waals surface area contributed by atoms with Crippen molar-refractivity contribution >= 4 is 11.7 Å². The lowest BCUT2D eigenvalue weighted by Crippen LogP contribution is -2.37. The van der Waals surface area contributed by atoms with Gasteiger partial charge in [0.2, 0.25) is 5.91 Å². The van der Waals surface area contributed by atoms with Crippen molar-refractivity contribution in [3.63, 3.8) is 0 Å². The fraction of sp³-hybridized carbons (Fsp3) is 0.500. The van der Waals surface area contributed by atoms with E-state index in [0.29, 0.717) is 6.42 Å². The molecule has 3 heteroatoms. The van der Waals surface area contributed by atoms with E-state index in [0.717, 1.165) is 0 Å². The molecule has 1 unspecified atom stereocenters. The van der Waals surface area contributed by atoms with E-state index >= 15 is 0 Å². The Morgan fingerprint density at radius 3 is 2.36 bits per heavy atom. The molecule has 0 aromatic carbocycles. The summed E-state index contributed by atoms with van der Waals surface area (Å²) in [6, 6.07) is -0.398. The highest BCUT2D eigenvalue weighted by Gasteiger charge is 2.11. The van der Waals surface area contributed by atoms with Gasteiger partial charge in [-0.1, -0.05) is 6.08 Å². The van der Waals surface area contributed by atoms with Crippen molar-refractivity contribution in [1.82, 2.24) is 5.32 Å². The Morgan fingerprint density at radius 1 is 1.55 bits per heavy atom. The van der Waals surface area contributed by atoms with Crippen LogP contribution in [0.25, 0.3) is 0 Å². The summed E-state index contributed by atoms with van der Waals surface area (Å²) in [6.45, 7) is 6.32. The van der Waals surface area contributed by atoms with Gasteiger partial charge in [0.25, 0.3) is 0 Å². The maximum atomic E-state index is 10.8. The third-order valence-electron chi connectivity index (χ3n) is 1.27. The summed E-state index contributed by atoms with van der Waals surface area (Å²) < 4.78 is 0. The van der Waals surface area contributed by atoms with Crippen LogP contribution in [0, 0.1) is 0 Å². The van der Waals surface area contributed by atoms with Crippen LogP contribution in [0.3, 0.4) is 0 Å². The summed E-state index contributed by atoms with van der Waals surface area (Å²) in [6.07, 6.45) is 2.11. The molecule has 0 saturated heterocycles. The summed E-state index contributed by atoms with van der Waals surface area (Å²) in [5.41, 5.74) is 0. The minimum atomic E-state index is -0.398. The first-order valence-corrected chi connectivity index (χ1v) is 3.46. The van der Waals surface area contributed by atoms with Gasteiger partial charge in [-0.2, -0.15) is 0 Å². The van der Waals surface area contributed by atoms with Crippen LogP contribution < -0.4 is 5.32 Å². The van der Waals surface area contributed by atoms with Crippen molar-refractivity contribution in [1.29, 1.82) is 0 Å². The van der Waals surface area contributed by atoms with Gasteiger partial charge in [-0.05, 0) is 13.3 Å². The highest BCUT2D eigenvalue weighted by molar-refractivity contribution is 5.86. The Kier molecular flexibility index (Phi) is 4.18. The zero-order chi connectivity index (χ0) is 8.85. The lowest BCUT2D eigenvalue weighted by atomic mass is 10.1. The summed E-state index contributed by atoms with van der Waals surface area (Å²) in [7, 11) is 0. The van der Waals surface area contributed by atoms with E-state index in [9.17, 15) is 9.59 Å². The Hall–Kier alpha value is -1.12. The molecule has 0 aromatic rings. The normalized spacial score (nSPS) is 11.8. The van der Waals surface area contributed by atoms with Gasteiger partial charge in [0.15, 0.2) is 5.78 Å². The lowest BCUT2D eigenvalue weighted by Gasteiger charge is -2.11. The average Bonchev–Trinajstić information content (AvgIpc) is 1.86. The number of carbonyl (C=O) groups is 2. The smallest absolute Gasteiger partial charge is 0.217 e. The second-order valence-electron chi connectivity index (χ2n) is 2.39. The van der Waals surface area contributed by atoms with Crippen LogP contribution in [-0.4, -0.2) is 17.7 Å². The van der Waals surface area contributed by atoms with Crippen LogP contribution in [-0.2, 0) is 9.59 Å². The largest absolute Gasteiger partial charge is 0.346 e. The fourth-order valence-electron chi connectivity index (χ4n) is 0.739. The zero-order valence-electron chi connectivity index (χ0n) is 6.89. The number of amides is 1. The number of hydrogen-bond acceptors (Lipinski definition) is 2. The van der Waals surface area contributed by atoms with Gasteiger partial charge >= 0.3 is 0 Å². The minimum absolute atomic E-state index is 0.0416. The van der Waals surface area contributed by atoms with Crippen LogP contribution in [0.4, 0.5) is 0 Å². The quantitative estimate of drug-likeness (QED) is 0.606. The fourth-order valence-corrected chi connectivity index (χ4v) is 0.739. The molecule has 0 saturated carbocycles. The van der Waals surface area contributed by atoms with Crippen molar-refractivity contribution in [3.8, 4) is 0 Å². The Morgan fingerprint density at radius 2 is 2.09 bits per heavy atom.